The molecule has 3 N–H and O–H groups in total. The molecule has 100 valence electrons. The highest BCUT2D eigenvalue weighted by atomic mass is 19.1. The fourth-order valence-electron chi connectivity index (χ4n) is 1.84. The lowest BCUT2D eigenvalue weighted by Crippen LogP contribution is -2.49. The van der Waals surface area contributed by atoms with Crippen molar-refractivity contribution in [1.29, 1.82) is 0 Å². The third-order valence-corrected chi connectivity index (χ3v) is 2.84. The molecule has 0 heterocycles. The number of unbranched alkanes of at least 4 members (excludes halogenated alkanes) is 1. The molecule has 5 heteroatoms. The van der Waals surface area contributed by atoms with Crippen LogP contribution in [0.1, 0.15) is 31.7 Å². The molecule has 3 nitrogen and oxygen atoms in total. The van der Waals surface area contributed by atoms with Gasteiger partial charge >= 0.3 is 5.97 Å². The van der Waals surface area contributed by atoms with Crippen molar-refractivity contribution < 1.29 is 18.7 Å². The number of carbonyl (C=O) groups is 1. The Bertz CT molecular complexity index is 417. The summed E-state index contributed by atoms with van der Waals surface area (Å²) < 4.78 is 26.1. The van der Waals surface area contributed by atoms with E-state index in [0.717, 1.165) is 24.6 Å². The Morgan fingerprint density at radius 1 is 1.33 bits per heavy atom. The van der Waals surface area contributed by atoms with Crippen molar-refractivity contribution in [2.45, 2.75) is 38.1 Å². The number of hydrogen-bond donors (Lipinski definition) is 2. The van der Waals surface area contributed by atoms with E-state index in [1.54, 1.807) is 0 Å². The van der Waals surface area contributed by atoms with Crippen LogP contribution in [0.2, 0.25) is 0 Å². The summed E-state index contributed by atoms with van der Waals surface area (Å²) in [5.74, 6) is -2.61. The Hall–Kier alpha value is -1.49. The van der Waals surface area contributed by atoms with Crippen LogP contribution in [0, 0.1) is 11.6 Å². The topological polar surface area (TPSA) is 63.3 Å². The number of hydrogen-bond acceptors (Lipinski definition) is 2. The summed E-state index contributed by atoms with van der Waals surface area (Å²) in [4.78, 5) is 11.2. The summed E-state index contributed by atoms with van der Waals surface area (Å²) in [6.07, 6.45) is 1.65. The minimum absolute atomic E-state index is 0.0863. The van der Waals surface area contributed by atoms with Crippen LogP contribution in [-0.2, 0) is 11.2 Å². The van der Waals surface area contributed by atoms with Crippen LogP contribution in [0.25, 0.3) is 0 Å². The molecule has 0 spiro atoms. The maximum Gasteiger partial charge on any atom is 0.324 e. The largest absolute Gasteiger partial charge is 0.480 e. The molecule has 0 saturated carbocycles. The number of carboxylic acid groups (broad SMARTS) is 1. The number of benzene rings is 1. The number of rotatable bonds is 6. The predicted octanol–water partition coefficient (Wildman–Crippen LogP) is 2.48. The van der Waals surface area contributed by atoms with Crippen molar-refractivity contribution in [3.8, 4) is 0 Å². The Labute approximate surface area is 105 Å². The molecule has 1 rings (SSSR count). The Balaban J connectivity index is 2.92. The molecular formula is C13H17F2NO2. The van der Waals surface area contributed by atoms with E-state index in [9.17, 15) is 13.6 Å². The van der Waals surface area contributed by atoms with Crippen LogP contribution >= 0.6 is 0 Å². The molecule has 0 aliphatic rings. The molecular weight excluding hydrogens is 240 g/mol. The fourth-order valence-corrected chi connectivity index (χ4v) is 1.84. The Morgan fingerprint density at radius 3 is 2.33 bits per heavy atom. The smallest absolute Gasteiger partial charge is 0.324 e. The standard InChI is InChI=1S/C13H17F2NO2/c1-2-3-4-13(16,12(17)18)8-9-5-10(14)7-11(15)6-9/h5-7H,2-4,8,16H2,1H3,(H,17,18)/t13-/m0/s1. The second-order valence-corrected chi connectivity index (χ2v) is 4.52. The fraction of sp³-hybridized carbons (Fsp3) is 0.462. The average molecular weight is 257 g/mol. The minimum Gasteiger partial charge on any atom is -0.480 e. The number of nitrogens with two attached hydrogens (primary N) is 1. The molecule has 0 aromatic heterocycles. The molecule has 1 atom stereocenters. The van der Waals surface area contributed by atoms with Crippen LogP contribution in [0.4, 0.5) is 8.78 Å². The maximum absolute atomic E-state index is 13.0. The molecule has 18 heavy (non-hydrogen) atoms. The van der Waals surface area contributed by atoms with Gasteiger partial charge in [-0.2, -0.15) is 0 Å². The van der Waals surface area contributed by atoms with E-state index in [2.05, 4.69) is 0 Å². The second-order valence-electron chi connectivity index (χ2n) is 4.52. The summed E-state index contributed by atoms with van der Waals surface area (Å²) in [6, 6.07) is 2.97. The van der Waals surface area contributed by atoms with E-state index in [1.165, 1.54) is 0 Å². The predicted molar refractivity (Wildman–Crippen MR) is 64.1 cm³/mol. The van der Waals surface area contributed by atoms with Gasteiger partial charge in [-0.25, -0.2) is 8.78 Å². The highest BCUT2D eigenvalue weighted by molar-refractivity contribution is 5.78. The summed E-state index contributed by atoms with van der Waals surface area (Å²) in [5.41, 5.74) is 4.60. The van der Waals surface area contributed by atoms with Crippen LogP contribution < -0.4 is 5.73 Å². The minimum atomic E-state index is -1.48. The molecule has 0 aliphatic carbocycles. The first-order chi connectivity index (χ1) is 8.37. The summed E-state index contributed by atoms with van der Waals surface area (Å²) in [7, 11) is 0. The van der Waals surface area contributed by atoms with Gasteiger partial charge < -0.3 is 10.8 Å². The van der Waals surface area contributed by atoms with Gasteiger partial charge in [0.15, 0.2) is 0 Å². The highest BCUT2D eigenvalue weighted by Crippen LogP contribution is 2.20. The van der Waals surface area contributed by atoms with Gasteiger partial charge in [0.2, 0.25) is 0 Å². The normalized spacial score (nSPS) is 14.2. The zero-order valence-electron chi connectivity index (χ0n) is 10.2. The first-order valence-corrected chi connectivity index (χ1v) is 5.84. The van der Waals surface area contributed by atoms with Gasteiger partial charge in [-0.1, -0.05) is 19.8 Å². The summed E-state index contributed by atoms with van der Waals surface area (Å²) in [6.45, 7) is 1.92. The zero-order chi connectivity index (χ0) is 13.8. The van der Waals surface area contributed by atoms with Crippen molar-refractivity contribution in [3.63, 3.8) is 0 Å². The van der Waals surface area contributed by atoms with Gasteiger partial charge in [-0.3, -0.25) is 4.79 Å². The second kappa shape index (κ2) is 5.91. The third kappa shape index (κ3) is 3.77. The average Bonchev–Trinajstić information content (AvgIpc) is 2.24. The molecule has 0 unspecified atom stereocenters. The van der Waals surface area contributed by atoms with Crippen molar-refractivity contribution in [1.82, 2.24) is 0 Å². The summed E-state index contributed by atoms with van der Waals surface area (Å²) in [5, 5.41) is 9.15. The number of aliphatic carboxylic acids is 1. The van der Waals surface area contributed by atoms with Gasteiger partial charge in [0.1, 0.15) is 17.2 Å². The van der Waals surface area contributed by atoms with Crippen LogP contribution in [0.15, 0.2) is 18.2 Å². The van der Waals surface area contributed by atoms with E-state index in [4.69, 9.17) is 10.8 Å². The van der Waals surface area contributed by atoms with E-state index >= 15 is 0 Å². The molecule has 0 amide bonds. The van der Waals surface area contributed by atoms with Crippen LogP contribution in [-0.4, -0.2) is 16.6 Å². The summed E-state index contributed by atoms with van der Waals surface area (Å²) >= 11 is 0. The van der Waals surface area contributed by atoms with Crippen molar-refractivity contribution in [3.05, 3.63) is 35.4 Å². The lowest BCUT2D eigenvalue weighted by atomic mass is 9.87. The van der Waals surface area contributed by atoms with Crippen molar-refractivity contribution >= 4 is 5.97 Å². The molecule has 0 fully saturated rings. The first kappa shape index (κ1) is 14.6. The van der Waals surface area contributed by atoms with Gasteiger partial charge in [-0.05, 0) is 24.1 Å². The van der Waals surface area contributed by atoms with Crippen LogP contribution in [0.3, 0.4) is 0 Å². The molecule has 1 aromatic rings. The van der Waals surface area contributed by atoms with Gasteiger partial charge in [0.05, 0.1) is 0 Å². The first-order valence-electron chi connectivity index (χ1n) is 5.84. The zero-order valence-corrected chi connectivity index (χ0v) is 10.2. The van der Waals surface area contributed by atoms with E-state index in [-0.39, 0.29) is 18.4 Å². The maximum atomic E-state index is 13.0. The van der Waals surface area contributed by atoms with E-state index in [0.29, 0.717) is 6.42 Å². The van der Waals surface area contributed by atoms with Gasteiger partial charge in [-0.15, -0.1) is 0 Å². The lowest BCUT2D eigenvalue weighted by molar-refractivity contribution is -0.143. The Kier molecular flexibility index (Phi) is 4.78. The SMILES string of the molecule is CCCC[C@](N)(Cc1cc(F)cc(F)c1)C(=O)O. The Morgan fingerprint density at radius 2 is 1.89 bits per heavy atom. The lowest BCUT2D eigenvalue weighted by Gasteiger charge is -2.24. The van der Waals surface area contributed by atoms with Crippen molar-refractivity contribution in [2.24, 2.45) is 5.73 Å². The number of carboxylic acids is 1. The molecule has 0 aliphatic heterocycles. The third-order valence-electron chi connectivity index (χ3n) is 2.84. The molecule has 0 saturated heterocycles. The molecule has 0 radical (unpaired) electrons. The molecule has 0 bridgehead atoms. The quantitative estimate of drug-likeness (QED) is 0.823. The monoisotopic (exact) mass is 257 g/mol. The van der Waals surface area contributed by atoms with Crippen LogP contribution in [0.5, 0.6) is 0 Å². The highest BCUT2D eigenvalue weighted by Gasteiger charge is 2.33. The van der Waals surface area contributed by atoms with Crippen molar-refractivity contribution in [2.75, 3.05) is 0 Å². The number of halogens is 2. The van der Waals surface area contributed by atoms with Gasteiger partial charge in [0.25, 0.3) is 0 Å². The van der Waals surface area contributed by atoms with E-state index in [1.807, 2.05) is 6.92 Å². The van der Waals surface area contributed by atoms with E-state index < -0.39 is 23.1 Å². The molecule has 1 aromatic carbocycles. The van der Waals surface area contributed by atoms with Gasteiger partial charge in [0, 0.05) is 12.5 Å².